The van der Waals surface area contributed by atoms with Gasteiger partial charge in [-0.05, 0) is 52.3 Å². The van der Waals surface area contributed by atoms with Crippen molar-refractivity contribution in [2.45, 2.75) is 0 Å². The first-order valence-corrected chi connectivity index (χ1v) is 8.18. The molecule has 3 rings (SSSR count). The molecule has 19 heavy (non-hydrogen) atoms. The number of aromatic nitrogens is 1. The van der Waals surface area contributed by atoms with E-state index in [-0.39, 0.29) is 0 Å². The lowest BCUT2D eigenvalue weighted by Gasteiger charge is -2.03. The summed E-state index contributed by atoms with van der Waals surface area (Å²) < 4.78 is 3.07. The van der Waals surface area contributed by atoms with Crippen LogP contribution in [0.2, 0.25) is 5.02 Å². The molecule has 1 N–H and O–H groups in total. The van der Waals surface area contributed by atoms with Crippen molar-refractivity contribution in [3.8, 4) is 0 Å². The van der Waals surface area contributed by atoms with Crippen LogP contribution in [0.4, 0.5) is 10.8 Å². The van der Waals surface area contributed by atoms with Crippen molar-refractivity contribution in [2.75, 3.05) is 5.32 Å². The smallest absolute Gasteiger partial charge is 0.188 e. The van der Waals surface area contributed by atoms with Crippen LogP contribution in [0.25, 0.3) is 10.2 Å². The molecule has 0 saturated heterocycles. The first kappa shape index (κ1) is 13.4. The second-order valence-electron chi connectivity index (χ2n) is 3.88. The van der Waals surface area contributed by atoms with Crippen LogP contribution < -0.4 is 5.32 Å². The summed E-state index contributed by atoms with van der Waals surface area (Å²) in [6, 6.07) is 11.8. The minimum Gasteiger partial charge on any atom is -0.331 e. The van der Waals surface area contributed by atoms with E-state index in [4.69, 9.17) is 11.6 Å². The lowest BCUT2D eigenvalue weighted by atomic mass is 10.3. The molecule has 0 aliphatic carbocycles. The van der Waals surface area contributed by atoms with Gasteiger partial charge >= 0.3 is 0 Å². The number of rotatable bonds is 2. The number of anilines is 2. The van der Waals surface area contributed by atoms with E-state index in [9.17, 15) is 0 Å². The molecule has 2 nitrogen and oxygen atoms in total. The topological polar surface area (TPSA) is 24.9 Å². The average molecular weight is 419 g/mol. The fraction of sp³-hybridized carbons (Fsp3) is 0. The highest BCUT2D eigenvalue weighted by Crippen LogP contribution is 2.32. The van der Waals surface area contributed by atoms with Gasteiger partial charge in [0.2, 0.25) is 0 Å². The van der Waals surface area contributed by atoms with Crippen LogP contribution in [0, 0.1) is 0 Å². The summed E-state index contributed by atoms with van der Waals surface area (Å²) in [5.41, 5.74) is 1.94. The molecule has 1 aromatic heterocycles. The standard InChI is InChI=1S/C13H7Br2ClN2S/c14-7-1-4-11-12(5-7)19-13(18-11)17-8-2-3-10(16)9(15)6-8/h1-6H,(H,17,18). The van der Waals surface area contributed by atoms with Gasteiger partial charge in [0.1, 0.15) is 0 Å². The van der Waals surface area contributed by atoms with Gasteiger partial charge in [-0.25, -0.2) is 4.98 Å². The summed E-state index contributed by atoms with van der Waals surface area (Å²) >= 11 is 14.5. The molecule has 0 saturated carbocycles. The Balaban J connectivity index is 1.94. The van der Waals surface area contributed by atoms with Gasteiger partial charge in [0.25, 0.3) is 0 Å². The maximum absolute atomic E-state index is 5.97. The molecule has 96 valence electrons. The molecule has 0 spiro atoms. The quantitative estimate of drug-likeness (QED) is 0.534. The van der Waals surface area contributed by atoms with E-state index in [0.29, 0.717) is 5.02 Å². The van der Waals surface area contributed by atoms with Crippen LogP contribution in [0.1, 0.15) is 0 Å². The van der Waals surface area contributed by atoms with Gasteiger partial charge in [-0.1, -0.05) is 38.9 Å². The third kappa shape index (κ3) is 2.94. The molecule has 3 aromatic rings. The van der Waals surface area contributed by atoms with Gasteiger partial charge < -0.3 is 5.32 Å². The van der Waals surface area contributed by atoms with Crippen LogP contribution in [0.15, 0.2) is 45.3 Å². The molecule has 0 unspecified atom stereocenters. The fourth-order valence-corrected chi connectivity index (χ4v) is 3.58. The molecule has 2 aromatic carbocycles. The van der Waals surface area contributed by atoms with Gasteiger partial charge in [0.05, 0.1) is 15.2 Å². The molecule has 0 aliphatic rings. The number of nitrogens with one attached hydrogen (secondary N) is 1. The summed E-state index contributed by atoms with van der Waals surface area (Å²) in [6.07, 6.45) is 0. The zero-order valence-corrected chi connectivity index (χ0v) is 14.2. The Morgan fingerprint density at radius 2 is 1.95 bits per heavy atom. The Bertz CT molecular complexity index is 757. The maximum atomic E-state index is 5.97. The molecule has 0 amide bonds. The summed E-state index contributed by atoms with van der Waals surface area (Å²) in [5, 5.41) is 4.84. The lowest BCUT2D eigenvalue weighted by molar-refractivity contribution is 1.44. The molecule has 0 bridgehead atoms. The lowest BCUT2D eigenvalue weighted by Crippen LogP contribution is -1.88. The second kappa shape index (κ2) is 5.40. The minimum atomic E-state index is 0.693. The number of hydrogen-bond acceptors (Lipinski definition) is 3. The summed E-state index contributed by atoms with van der Waals surface area (Å²) in [5.74, 6) is 0. The van der Waals surface area contributed by atoms with Gasteiger partial charge in [0.15, 0.2) is 5.13 Å². The number of halogens is 3. The number of thiazole rings is 1. The van der Waals surface area contributed by atoms with Gasteiger partial charge in [0, 0.05) is 14.6 Å². The molecule has 0 radical (unpaired) electrons. The largest absolute Gasteiger partial charge is 0.331 e. The van der Waals surface area contributed by atoms with E-state index >= 15 is 0 Å². The van der Waals surface area contributed by atoms with Crippen LogP contribution >= 0.6 is 54.8 Å². The van der Waals surface area contributed by atoms with Crippen LogP contribution in [0.3, 0.4) is 0 Å². The van der Waals surface area contributed by atoms with E-state index in [2.05, 4.69) is 48.2 Å². The molecule has 1 heterocycles. The first-order chi connectivity index (χ1) is 9.11. The number of hydrogen-bond donors (Lipinski definition) is 1. The Hall–Kier alpha value is -0.620. The first-order valence-electron chi connectivity index (χ1n) is 5.40. The van der Waals surface area contributed by atoms with Gasteiger partial charge in [-0.2, -0.15) is 0 Å². The minimum absolute atomic E-state index is 0.693. The second-order valence-corrected chi connectivity index (χ2v) is 7.09. The van der Waals surface area contributed by atoms with E-state index in [1.807, 2.05) is 30.3 Å². The molecular formula is C13H7Br2ClN2S. The monoisotopic (exact) mass is 416 g/mol. The van der Waals surface area contributed by atoms with Crippen LogP contribution in [-0.4, -0.2) is 4.98 Å². The molecule has 0 aliphatic heterocycles. The van der Waals surface area contributed by atoms with Crippen molar-refractivity contribution in [3.05, 3.63) is 50.4 Å². The van der Waals surface area contributed by atoms with Gasteiger partial charge in [-0.15, -0.1) is 0 Å². The van der Waals surface area contributed by atoms with Crippen molar-refractivity contribution < 1.29 is 0 Å². The average Bonchev–Trinajstić information content (AvgIpc) is 2.75. The predicted molar refractivity (Wildman–Crippen MR) is 89.8 cm³/mol. The number of benzene rings is 2. The number of fused-ring (bicyclic) bond motifs is 1. The van der Waals surface area contributed by atoms with Crippen LogP contribution in [0.5, 0.6) is 0 Å². The van der Waals surface area contributed by atoms with Crippen molar-refractivity contribution >= 4 is 75.8 Å². The Morgan fingerprint density at radius 1 is 1.11 bits per heavy atom. The summed E-state index contributed by atoms with van der Waals surface area (Å²) in [4.78, 5) is 4.54. The van der Waals surface area contributed by atoms with Crippen molar-refractivity contribution in [3.63, 3.8) is 0 Å². The van der Waals surface area contributed by atoms with Crippen LogP contribution in [-0.2, 0) is 0 Å². The third-order valence-electron chi connectivity index (χ3n) is 2.52. The van der Waals surface area contributed by atoms with Gasteiger partial charge in [-0.3, -0.25) is 0 Å². The molecule has 6 heteroatoms. The maximum Gasteiger partial charge on any atom is 0.188 e. The summed E-state index contributed by atoms with van der Waals surface area (Å²) in [6.45, 7) is 0. The fourth-order valence-electron chi connectivity index (χ4n) is 1.65. The van der Waals surface area contributed by atoms with E-state index < -0.39 is 0 Å². The molecule has 0 atom stereocenters. The van der Waals surface area contributed by atoms with E-state index in [1.165, 1.54) is 0 Å². The zero-order valence-electron chi connectivity index (χ0n) is 9.45. The highest BCUT2D eigenvalue weighted by Gasteiger charge is 2.05. The summed E-state index contributed by atoms with van der Waals surface area (Å²) in [7, 11) is 0. The Kier molecular flexibility index (Phi) is 3.80. The van der Waals surface area contributed by atoms with Crippen molar-refractivity contribution in [1.29, 1.82) is 0 Å². The Morgan fingerprint density at radius 3 is 2.74 bits per heavy atom. The highest BCUT2D eigenvalue weighted by molar-refractivity contribution is 9.10. The SMILES string of the molecule is Clc1ccc(Nc2nc3ccc(Br)cc3s2)cc1Br. The molecular weight excluding hydrogens is 411 g/mol. The normalized spacial score (nSPS) is 10.9. The van der Waals surface area contributed by atoms with Crippen molar-refractivity contribution in [2.24, 2.45) is 0 Å². The van der Waals surface area contributed by atoms with E-state index in [0.717, 1.165) is 30.0 Å². The number of nitrogens with zero attached hydrogens (tertiary/aromatic N) is 1. The highest BCUT2D eigenvalue weighted by atomic mass is 79.9. The predicted octanol–water partition coefficient (Wildman–Crippen LogP) is 6.22. The third-order valence-corrected chi connectivity index (χ3v) is 5.16. The van der Waals surface area contributed by atoms with E-state index in [1.54, 1.807) is 11.3 Å². The molecule has 0 fully saturated rings. The Labute approximate surface area is 136 Å². The zero-order chi connectivity index (χ0) is 13.4. The van der Waals surface area contributed by atoms with Crippen molar-refractivity contribution in [1.82, 2.24) is 4.98 Å².